The van der Waals surface area contributed by atoms with Crippen LogP contribution in [0.2, 0.25) is 0 Å². The Morgan fingerprint density at radius 2 is 2.06 bits per heavy atom. The lowest BCUT2D eigenvalue weighted by Gasteiger charge is -2.22. The highest BCUT2D eigenvalue weighted by Gasteiger charge is 2.30. The Labute approximate surface area is 95.4 Å². The lowest BCUT2D eigenvalue weighted by molar-refractivity contribution is -0.119. The van der Waals surface area contributed by atoms with Gasteiger partial charge < -0.3 is 15.7 Å². The number of halogens is 3. The highest BCUT2D eigenvalue weighted by Crippen LogP contribution is 2.26. The Hall–Kier alpha value is -1.92. The Kier molecular flexibility index (Phi) is 3.50. The van der Waals surface area contributed by atoms with Crippen LogP contribution in [0.15, 0.2) is 18.2 Å². The van der Waals surface area contributed by atoms with E-state index in [0.717, 1.165) is 11.0 Å². The zero-order chi connectivity index (χ0) is 13.2. The summed E-state index contributed by atoms with van der Waals surface area (Å²) in [6, 6.07) is 3.59. The van der Waals surface area contributed by atoms with Crippen LogP contribution in [-0.4, -0.2) is 30.8 Å². The number of hydrogen-bond donors (Lipinski definition) is 2. The van der Waals surface area contributed by atoms with Gasteiger partial charge in [0, 0.05) is 7.05 Å². The fourth-order valence-electron chi connectivity index (χ4n) is 1.39. The van der Waals surface area contributed by atoms with Crippen molar-refractivity contribution >= 4 is 17.3 Å². The Balaban J connectivity index is 2.96. The van der Waals surface area contributed by atoms with E-state index >= 15 is 0 Å². The molecule has 7 heteroatoms. The summed E-state index contributed by atoms with van der Waals surface area (Å²) in [6.45, 7) is -1.15. The van der Waals surface area contributed by atoms with Crippen LogP contribution in [0.5, 0.6) is 0 Å². The zero-order valence-electron chi connectivity index (χ0n) is 8.95. The third kappa shape index (κ3) is 3.54. The lowest BCUT2D eigenvalue weighted by atomic mass is 10.1. The maximum Gasteiger partial charge on any atom is 0.405 e. The summed E-state index contributed by atoms with van der Waals surface area (Å²) in [5.41, 5.74) is 5.59. The normalized spacial score (nSPS) is 11.3. The van der Waals surface area contributed by atoms with Crippen molar-refractivity contribution < 1.29 is 23.1 Å². The van der Waals surface area contributed by atoms with E-state index in [4.69, 9.17) is 10.8 Å². The molecule has 0 amide bonds. The van der Waals surface area contributed by atoms with Crippen molar-refractivity contribution in [3.05, 3.63) is 23.8 Å². The molecule has 17 heavy (non-hydrogen) atoms. The molecular formula is C10H11F3N2O2. The van der Waals surface area contributed by atoms with Gasteiger partial charge in [-0.05, 0) is 18.2 Å². The van der Waals surface area contributed by atoms with Gasteiger partial charge in [-0.25, -0.2) is 4.79 Å². The molecule has 1 rings (SSSR count). The molecule has 0 atom stereocenters. The van der Waals surface area contributed by atoms with Crippen molar-refractivity contribution in [2.75, 3.05) is 24.2 Å². The van der Waals surface area contributed by atoms with Crippen molar-refractivity contribution in [2.24, 2.45) is 0 Å². The topological polar surface area (TPSA) is 66.6 Å². The Morgan fingerprint density at radius 3 is 2.47 bits per heavy atom. The number of rotatable bonds is 3. The van der Waals surface area contributed by atoms with Crippen molar-refractivity contribution in [3.63, 3.8) is 0 Å². The average molecular weight is 248 g/mol. The molecule has 4 nitrogen and oxygen atoms in total. The summed E-state index contributed by atoms with van der Waals surface area (Å²) in [5.74, 6) is -1.18. The van der Waals surface area contributed by atoms with Gasteiger partial charge in [0.2, 0.25) is 0 Å². The molecule has 0 saturated heterocycles. The average Bonchev–Trinajstić information content (AvgIpc) is 2.14. The third-order valence-electron chi connectivity index (χ3n) is 2.10. The molecule has 0 unspecified atom stereocenters. The van der Waals surface area contributed by atoms with Gasteiger partial charge in [-0.1, -0.05) is 0 Å². The summed E-state index contributed by atoms with van der Waals surface area (Å²) < 4.78 is 36.5. The van der Waals surface area contributed by atoms with E-state index in [9.17, 15) is 18.0 Å². The summed E-state index contributed by atoms with van der Waals surface area (Å²) >= 11 is 0. The molecule has 0 aliphatic heterocycles. The van der Waals surface area contributed by atoms with E-state index in [1.807, 2.05) is 0 Å². The van der Waals surface area contributed by atoms with Crippen LogP contribution >= 0.6 is 0 Å². The maximum absolute atomic E-state index is 12.2. The van der Waals surface area contributed by atoms with Gasteiger partial charge in [-0.3, -0.25) is 0 Å². The molecule has 0 aromatic heterocycles. The molecule has 0 radical (unpaired) electrons. The van der Waals surface area contributed by atoms with Crippen molar-refractivity contribution in [2.45, 2.75) is 6.18 Å². The van der Waals surface area contributed by atoms with Crippen LogP contribution in [0.25, 0.3) is 0 Å². The summed E-state index contributed by atoms with van der Waals surface area (Å²) in [6.07, 6.45) is -4.34. The van der Waals surface area contributed by atoms with Gasteiger partial charge in [-0.15, -0.1) is 0 Å². The number of benzene rings is 1. The first-order valence-corrected chi connectivity index (χ1v) is 4.61. The minimum Gasteiger partial charge on any atom is -0.478 e. The molecular weight excluding hydrogens is 237 g/mol. The van der Waals surface area contributed by atoms with Crippen LogP contribution in [0.1, 0.15) is 10.4 Å². The quantitative estimate of drug-likeness (QED) is 0.802. The molecule has 0 bridgehead atoms. The second-order valence-corrected chi connectivity index (χ2v) is 3.55. The summed E-state index contributed by atoms with van der Waals surface area (Å²) in [5, 5.41) is 8.68. The minimum atomic E-state index is -4.34. The van der Waals surface area contributed by atoms with E-state index in [1.165, 1.54) is 19.2 Å². The van der Waals surface area contributed by atoms with Crippen molar-refractivity contribution in [3.8, 4) is 0 Å². The number of nitrogen functional groups attached to an aromatic ring is 1. The molecule has 1 aromatic carbocycles. The van der Waals surface area contributed by atoms with Gasteiger partial charge in [0.15, 0.2) is 0 Å². The molecule has 0 aliphatic rings. The number of anilines is 2. The largest absolute Gasteiger partial charge is 0.478 e. The molecule has 0 spiro atoms. The van der Waals surface area contributed by atoms with Crippen molar-refractivity contribution in [1.29, 1.82) is 0 Å². The van der Waals surface area contributed by atoms with Gasteiger partial charge in [0.05, 0.1) is 16.9 Å². The molecule has 3 N–H and O–H groups in total. The number of carboxylic acids is 1. The van der Waals surface area contributed by atoms with Gasteiger partial charge in [0.25, 0.3) is 0 Å². The van der Waals surface area contributed by atoms with Crippen LogP contribution in [0.3, 0.4) is 0 Å². The molecule has 0 aliphatic carbocycles. The molecule has 0 saturated carbocycles. The zero-order valence-corrected chi connectivity index (χ0v) is 8.95. The Morgan fingerprint density at radius 1 is 1.47 bits per heavy atom. The number of carboxylic acid groups (broad SMARTS) is 1. The predicted molar refractivity (Wildman–Crippen MR) is 57.1 cm³/mol. The minimum absolute atomic E-state index is 0.00310. The van der Waals surface area contributed by atoms with E-state index < -0.39 is 18.7 Å². The lowest BCUT2D eigenvalue weighted by Crippen LogP contribution is -2.31. The van der Waals surface area contributed by atoms with Crippen molar-refractivity contribution in [1.82, 2.24) is 0 Å². The van der Waals surface area contributed by atoms with Crippen LogP contribution < -0.4 is 10.6 Å². The van der Waals surface area contributed by atoms with E-state index in [-0.39, 0.29) is 16.9 Å². The number of hydrogen-bond acceptors (Lipinski definition) is 3. The predicted octanol–water partition coefficient (Wildman–Crippen LogP) is 1.97. The molecule has 1 aromatic rings. The number of aromatic carboxylic acids is 1. The Bertz CT molecular complexity index is 432. The summed E-state index contributed by atoms with van der Waals surface area (Å²) in [4.78, 5) is 11.5. The third-order valence-corrected chi connectivity index (χ3v) is 2.10. The van der Waals surface area contributed by atoms with Gasteiger partial charge in [-0.2, -0.15) is 13.2 Å². The van der Waals surface area contributed by atoms with E-state index in [1.54, 1.807) is 0 Å². The highest BCUT2D eigenvalue weighted by molar-refractivity contribution is 5.90. The number of nitrogens with two attached hydrogens (primary N) is 1. The highest BCUT2D eigenvalue weighted by atomic mass is 19.4. The number of alkyl halides is 3. The first kappa shape index (κ1) is 13.1. The van der Waals surface area contributed by atoms with Crippen LogP contribution in [0, 0.1) is 0 Å². The number of nitrogens with zero attached hydrogens (tertiary/aromatic N) is 1. The second kappa shape index (κ2) is 4.52. The van der Waals surface area contributed by atoms with Gasteiger partial charge in [0.1, 0.15) is 6.54 Å². The second-order valence-electron chi connectivity index (χ2n) is 3.55. The monoisotopic (exact) mass is 248 g/mol. The smallest absolute Gasteiger partial charge is 0.405 e. The number of carbonyl (C=O) groups is 1. The fraction of sp³-hybridized carbons (Fsp3) is 0.300. The van der Waals surface area contributed by atoms with E-state index in [2.05, 4.69) is 0 Å². The standard InChI is InChI=1S/C10H11F3N2O2/c1-15(5-10(11,12)13)8-3-2-6(9(16)17)4-7(8)14/h2-4H,5,14H2,1H3,(H,16,17). The molecule has 0 heterocycles. The first-order chi connectivity index (χ1) is 7.70. The molecule has 0 fully saturated rings. The first-order valence-electron chi connectivity index (χ1n) is 4.61. The maximum atomic E-state index is 12.2. The molecule has 94 valence electrons. The SMILES string of the molecule is CN(CC(F)(F)F)c1ccc(C(=O)O)cc1N. The van der Waals surface area contributed by atoms with E-state index in [0.29, 0.717) is 0 Å². The van der Waals surface area contributed by atoms with Crippen LogP contribution in [0.4, 0.5) is 24.5 Å². The fourth-order valence-corrected chi connectivity index (χ4v) is 1.39. The van der Waals surface area contributed by atoms with Gasteiger partial charge >= 0.3 is 12.1 Å². The van der Waals surface area contributed by atoms with Crippen LogP contribution in [-0.2, 0) is 0 Å². The summed E-state index contributed by atoms with van der Waals surface area (Å²) in [7, 11) is 1.24.